The molecule has 142 valence electrons. The molecule has 2 amide bonds. The maximum Gasteiger partial charge on any atom is 0.241 e. The number of hydrogen-bond donors (Lipinski definition) is 0. The van der Waals surface area contributed by atoms with E-state index in [4.69, 9.17) is 0 Å². The summed E-state index contributed by atoms with van der Waals surface area (Å²) in [6.07, 6.45) is 2.13. The number of amides is 2. The Morgan fingerprint density at radius 3 is 2.42 bits per heavy atom. The van der Waals surface area contributed by atoms with Gasteiger partial charge in [-0.15, -0.1) is 0 Å². The van der Waals surface area contributed by atoms with Gasteiger partial charge in [0.05, 0.1) is 24.0 Å². The zero-order chi connectivity index (χ0) is 18.9. The predicted molar refractivity (Wildman–Crippen MR) is 99.3 cm³/mol. The van der Waals surface area contributed by atoms with E-state index in [1.807, 2.05) is 24.3 Å². The zero-order valence-corrected chi connectivity index (χ0v) is 16.0. The second-order valence-electron chi connectivity index (χ2n) is 7.13. The van der Waals surface area contributed by atoms with Gasteiger partial charge in [0.25, 0.3) is 0 Å². The molecular formula is C18H25N3O4S. The number of nitrogens with zero attached hydrogens (tertiary/aromatic N) is 3. The Balaban J connectivity index is 1.68. The minimum atomic E-state index is -3.06. The molecule has 2 heterocycles. The Morgan fingerprint density at radius 1 is 1.23 bits per heavy atom. The molecule has 0 aliphatic carbocycles. The highest BCUT2D eigenvalue weighted by molar-refractivity contribution is 7.91. The molecule has 2 fully saturated rings. The Hall–Kier alpha value is -1.93. The van der Waals surface area contributed by atoms with E-state index in [1.165, 1.54) is 0 Å². The summed E-state index contributed by atoms with van der Waals surface area (Å²) >= 11 is 0. The van der Waals surface area contributed by atoms with Crippen molar-refractivity contribution < 1.29 is 18.0 Å². The molecule has 2 saturated heterocycles. The predicted octanol–water partition coefficient (Wildman–Crippen LogP) is 0.848. The van der Waals surface area contributed by atoms with E-state index in [0.29, 0.717) is 12.8 Å². The maximum absolute atomic E-state index is 12.8. The second kappa shape index (κ2) is 7.36. The molecule has 2 aliphatic rings. The Bertz CT molecular complexity index is 789. The molecule has 0 bridgehead atoms. The van der Waals surface area contributed by atoms with Crippen LogP contribution in [0.5, 0.6) is 0 Å². The number of sulfone groups is 1. The molecule has 26 heavy (non-hydrogen) atoms. The fourth-order valence-corrected chi connectivity index (χ4v) is 5.38. The third-order valence-corrected chi connectivity index (χ3v) is 6.67. The monoisotopic (exact) mass is 379 g/mol. The lowest BCUT2D eigenvalue weighted by Gasteiger charge is -2.33. The van der Waals surface area contributed by atoms with Crippen LogP contribution in [0.25, 0.3) is 0 Å². The molecule has 0 spiro atoms. The van der Waals surface area contributed by atoms with Crippen LogP contribution in [0, 0.1) is 0 Å². The fourth-order valence-electron chi connectivity index (χ4n) is 3.69. The number of carbonyl (C=O) groups excluding carboxylic acids is 2. The van der Waals surface area contributed by atoms with Gasteiger partial charge in [0.2, 0.25) is 11.8 Å². The number of rotatable bonds is 5. The Morgan fingerprint density at radius 2 is 1.92 bits per heavy atom. The SMILES string of the molecule is CN(C)N(C(=O)Cc1ccc(N2CCCC2=O)cc1)C1CCS(=O)(=O)C1. The highest BCUT2D eigenvalue weighted by Gasteiger charge is 2.35. The Kier molecular flexibility index (Phi) is 5.34. The highest BCUT2D eigenvalue weighted by Crippen LogP contribution is 2.23. The quantitative estimate of drug-likeness (QED) is 0.709. The van der Waals surface area contributed by atoms with Gasteiger partial charge in [-0.2, -0.15) is 0 Å². The van der Waals surface area contributed by atoms with Gasteiger partial charge in [-0.1, -0.05) is 12.1 Å². The van der Waals surface area contributed by atoms with Crippen LogP contribution in [0.4, 0.5) is 5.69 Å². The zero-order valence-electron chi connectivity index (χ0n) is 15.2. The standard InChI is InChI=1S/C18H25N3O4S/c1-19(2)21(16-9-11-26(24,25)13-16)18(23)12-14-5-7-15(8-6-14)20-10-3-4-17(20)22/h5-8,16H,3-4,9-13H2,1-2H3. The molecular weight excluding hydrogens is 354 g/mol. The largest absolute Gasteiger partial charge is 0.312 e. The average molecular weight is 379 g/mol. The lowest BCUT2D eigenvalue weighted by atomic mass is 10.1. The maximum atomic E-state index is 12.8. The number of anilines is 1. The average Bonchev–Trinajstić information content (AvgIpc) is 3.13. The first-order valence-corrected chi connectivity index (χ1v) is 10.7. The van der Waals surface area contributed by atoms with E-state index >= 15 is 0 Å². The molecule has 7 nitrogen and oxygen atoms in total. The first-order valence-electron chi connectivity index (χ1n) is 8.86. The molecule has 1 aromatic rings. The van der Waals surface area contributed by atoms with Crippen LogP contribution in [-0.4, -0.2) is 68.4 Å². The molecule has 0 aromatic heterocycles. The molecule has 3 rings (SSSR count). The van der Waals surface area contributed by atoms with Crippen LogP contribution in [0.1, 0.15) is 24.8 Å². The van der Waals surface area contributed by atoms with Crippen LogP contribution in [0.15, 0.2) is 24.3 Å². The number of benzene rings is 1. The van der Waals surface area contributed by atoms with Gasteiger partial charge in [0.1, 0.15) is 0 Å². The van der Waals surface area contributed by atoms with Crippen molar-refractivity contribution in [2.75, 3.05) is 37.0 Å². The smallest absolute Gasteiger partial charge is 0.241 e. The lowest BCUT2D eigenvalue weighted by molar-refractivity contribution is -0.148. The van der Waals surface area contributed by atoms with Crippen molar-refractivity contribution in [3.63, 3.8) is 0 Å². The summed E-state index contributed by atoms with van der Waals surface area (Å²) in [6, 6.07) is 7.15. The van der Waals surface area contributed by atoms with Crippen molar-refractivity contribution in [3.8, 4) is 0 Å². The van der Waals surface area contributed by atoms with E-state index in [2.05, 4.69) is 0 Å². The molecule has 0 radical (unpaired) electrons. The van der Waals surface area contributed by atoms with Crippen molar-refractivity contribution in [2.45, 2.75) is 31.7 Å². The third kappa shape index (κ3) is 4.07. The van der Waals surface area contributed by atoms with E-state index < -0.39 is 9.84 Å². The van der Waals surface area contributed by atoms with Gasteiger partial charge in [-0.25, -0.2) is 13.4 Å². The minimum Gasteiger partial charge on any atom is -0.312 e. The number of carbonyl (C=O) groups is 2. The summed E-state index contributed by atoms with van der Waals surface area (Å²) in [5.74, 6) is 0.165. The Labute approximate surface area is 154 Å². The summed E-state index contributed by atoms with van der Waals surface area (Å²) in [5, 5.41) is 3.23. The van der Waals surface area contributed by atoms with Crippen LogP contribution >= 0.6 is 0 Å². The molecule has 1 aromatic carbocycles. The molecule has 8 heteroatoms. The normalized spacial score (nSPS) is 22.2. The summed E-state index contributed by atoms with van der Waals surface area (Å²) < 4.78 is 23.5. The van der Waals surface area contributed by atoms with E-state index in [1.54, 1.807) is 29.0 Å². The first-order chi connectivity index (χ1) is 12.3. The lowest BCUT2D eigenvalue weighted by Crippen LogP contribution is -2.49. The van der Waals surface area contributed by atoms with Crippen LogP contribution in [-0.2, 0) is 25.8 Å². The van der Waals surface area contributed by atoms with Crippen molar-refractivity contribution >= 4 is 27.3 Å². The van der Waals surface area contributed by atoms with Crippen molar-refractivity contribution in [2.24, 2.45) is 0 Å². The first kappa shape index (κ1) is 18.8. The molecule has 1 atom stereocenters. The number of hydrazine groups is 1. The molecule has 2 aliphatic heterocycles. The minimum absolute atomic E-state index is 0.0208. The third-order valence-electron chi connectivity index (χ3n) is 4.92. The van der Waals surface area contributed by atoms with E-state index in [-0.39, 0.29) is 35.8 Å². The molecule has 1 unspecified atom stereocenters. The van der Waals surface area contributed by atoms with Crippen LogP contribution in [0.3, 0.4) is 0 Å². The van der Waals surface area contributed by atoms with Crippen LogP contribution in [0.2, 0.25) is 0 Å². The molecule has 0 N–H and O–H groups in total. The molecule has 0 saturated carbocycles. The van der Waals surface area contributed by atoms with Gasteiger partial charge in [-0.3, -0.25) is 14.6 Å². The second-order valence-corrected chi connectivity index (χ2v) is 9.36. The summed E-state index contributed by atoms with van der Waals surface area (Å²) in [4.78, 5) is 26.3. The summed E-state index contributed by atoms with van der Waals surface area (Å²) in [7, 11) is 0.451. The van der Waals surface area contributed by atoms with Crippen molar-refractivity contribution in [3.05, 3.63) is 29.8 Å². The van der Waals surface area contributed by atoms with Gasteiger partial charge < -0.3 is 4.90 Å². The number of hydrogen-bond acceptors (Lipinski definition) is 5. The van der Waals surface area contributed by atoms with Crippen molar-refractivity contribution in [1.82, 2.24) is 10.0 Å². The van der Waals surface area contributed by atoms with Crippen molar-refractivity contribution in [1.29, 1.82) is 0 Å². The highest BCUT2D eigenvalue weighted by atomic mass is 32.2. The van der Waals surface area contributed by atoms with Gasteiger partial charge in [0, 0.05) is 32.7 Å². The van der Waals surface area contributed by atoms with Gasteiger partial charge in [0.15, 0.2) is 9.84 Å². The topological polar surface area (TPSA) is 78.0 Å². The van der Waals surface area contributed by atoms with E-state index in [0.717, 1.165) is 24.2 Å². The van der Waals surface area contributed by atoms with Gasteiger partial charge >= 0.3 is 0 Å². The van der Waals surface area contributed by atoms with E-state index in [9.17, 15) is 18.0 Å². The summed E-state index contributed by atoms with van der Waals surface area (Å²) in [6.45, 7) is 0.738. The van der Waals surface area contributed by atoms with Crippen LogP contribution < -0.4 is 4.90 Å². The fraction of sp³-hybridized carbons (Fsp3) is 0.556. The summed E-state index contributed by atoms with van der Waals surface area (Å²) in [5.41, 5.74) is 1.70. The van der Waals surface area contributed by atoms with Gasteiger partial charge in [-0.05, 0) is 30.5 Å².